The largest absolute Gasteiger partial charge is 0.462 e. The topological polar surface area (TPSA) is 29.5 Å². The van der Waals surface area contributed by atoms with Gasteiger partial charge in [-0.05, 0) is 82.7 Å². The zero-order valence-electron chi connectivity index (χ0n) is 18.5. The van der Waals surface area contributed by atoms with Crippen LogP contribution in [0.3, 0.4) is 0 Å². The van der Waals surface area contributed by atoms with Crippen LogP contribution in [0.5, 0.6) is 0 Å². The molecule has 0 aromatic rings. The number of rotatable bonds is 9. The molecule has 28 heavy (non-hydrogen) atoms. The van der Waals surface area contributed by atoms with Crippen LogP contribution in [0.2, 0.25) is 0 Å². The maximum atomic E-state index is 12.5. The van der Waals surface area contributed by atoms with Crippen molar-refractivity contribution in [2.45, 2.75) is 103 Å². The molecule has 2 unspecified atom stereocenters. The Morgan fingerprint density at radius 3 is 2.54 bits per heavy atom. The van der Waals surface area contributed by atoms with Gasteiger partial charge in [-0.3, -0.25) is 4.79 Å². The van der Waals surface area contributed by atoms with Gasteiger partial charge >= 0.3 is 5.97 Å². The number of nitrogens with zero attached hydrogens (tertiary/aromatic N) is 1. The second-order valence-electron chi connectivity index (χ2n) is 9.73. The standard InChI is InChI=1S/C25H43NO2/c1-3-4-5-8-21-9-11-22(12-10-21)23-13-15-24(16-14-23)28-25(27)20(2)19-26-17-6-7-18-26/h11,20-21,23-24H,3-10,12-19H2,1-2H3. The molecule has 3 aliphatic rings. The highest BCUT2D eigenvalue weighted by molar-refractivity contribution is 5.72. The van der Waals surface area contributed by atoms with Crippen molar-refractivity contribution in [3.05, 3.63) is 11.6 Å². The molecule has 0 aromatic heterocycles. The van der Waals surface area contributed by atoms with Gasteiger partial charge in [-0.2, -0.15) is 0 Å². The molecule has 2 atom stereocenters. The molecule has 1 heterocycles. The van der Waals surface area contributed by atoms with Gasteiger partial charge in [0.15, 0.2) is 0 Å². The van der Waals surface area contributed by atoms with Crippen molar-refractivity contribution in [3.8, 4) is 0 Å². The molecular formula is C25H43NO2. The molecule has 0 aromatic carbocycles. The average molecular weight is 390 g/mol. The molecule has 160 valence electrons. The predicted molar refractivity (Wildman–Crippen MR) is 116 cm³/mol. The average Bonchev–Trinajstić information content (AvgIpc) is 3.22. The zero-order valence-corrected chi connectivity index (χ0v) is 18.5. The Balaban J connectivity index is 1.34. The van der Waals surface area contributed by atoms with E-state index >= 15 is 0 Å². The summed E-state index contributed by atoms with van der Waals surface area (Å²) in [5, 5.41) is 0. The lowest BCUT2D eigenvalue weighted by Crippen LogP contribution is -2.33. The van der Waals surface area contributed by atoms with Crippen LogP contribution in [0.25, 0.3) is 0 Å². The summed E-state index contributed by atoms with van der Waals surface area (Å²) < 4.78 is 5.89. The number of allylic oxidation sites excluding steroid dienone is 2. The second kappa shape index (κ2) is 11.4. The van der Waals surface area contributed by atoms with Crippen molar-refractivity contribution in [3.63, 3.8) is 0 Å². The molecular weight excluding hydrogens is 346 g/mol. The van der Waals surface area contributed by atoms with Crippen molar-refractivity contribution in [1.29, 1.82) is 0 Å². The number of esters is 1. The van der Waals surface area contributed by atoms with Gasteiger partial charge in [0, 0.05) is 6.54 Å². The highest BCUT2D eigenvalue weighted by Gasteiger charge is 2.29. The minimum Gasteiger partial charge on any atom is -0.462 e. The molecule has 2 aliphatic carbocycles. The zero-order chi connectivity index (χ0) is 19.8. The molecule has 0 bridgehead atoms. The third-order valence-corrected chi connectivity index (χ3v) is 7.39. The first-order valence-corrected chi connectivity index (χ1v) is 12.3. The molecule has 3 rings (SSSR count). The molecule has 0 N–H and O–H groups in total. The number of hydrogen-bond acceptors (Lipinski definition) is 3. The van der Waals surface area contributed by atoms with Crippen LogP contribution in [-0.2, 0) is 9.53 Å². The van der Waals surface area contributed by atoms with E-state index in [2.05, 4.69) is 17.9 Å². The second-order valence-corrected chi connectivity index (χ2v) is 9.73. The maximum absolute atomic E-state index is 12.5. The van der Waals surface area contributed by atoms with E-state index in [-0.39, 0.29) is 18.0 Å². The first-order valence-electron chi connectivity index (χ1n) is 12.3. The van der Waals surface area contributed by atoms with E-state index in [1.54, 1.807) is 5.57 Å². The Morgan fingerprint density at radius 2 is 1.89 bits per heavy atom. The molecule has 1 saturated heterocycles. The highest BCUT2D eigenvalue weighted by atomic mass is 16.5. The molecule has 0 spiro atoms. The van der Waals surface area contributed by atoms with Crippen molar-refractivity contribution in [2.75, 3.05) is 19.6 Å². The van der Waals surface area contributed by atoms with Gasteiger partial charge in [-0.15, -0.1) is 0 Å². The van der Waals surface area contributed by atoms with Crippen LogP contribution >= 0.6 is 0 Å². The minimum atomic E-state index is 0.0153. The predicted octanol–water partition coefficient (Wildman–Crippen LogP) is 6.13. The fraction of sp³-hybridized carbons (Fsp3) is 0.880. The Bertz CT molecular complexity index is 501. The minimum absolute atomic E-state index is 0.0153. The fourth-order valence-corrected chi connectivity index (χ4v) is 5.48. The van der Waals surface area contributed by atoms with Crippen LogP contribution in [0.15, 0.2) is 11.6 Å². The fourth-order valence-electron chi connectivity index (χ4n) is 5.48. The molecule has 1 aliphatic heterocycles. The summed E-state index contributed by atoms with van der Waals surface area (Å²) in [6.07, 6.45) is 19.4. The number of carbonyl (C=O) groups excluding carboxylic acids is 1. The summed E-state index contributed by atoms with van der Waals surface area (Å²) in [4.78, 5) is 14.9. The molecule has 1 saturated carbocycles. The molecule has 2 fully saturated rings. The van der Waals surface area contributed by atoms with Crippen molar-refractivity contribution in [1.82, 2.24) is 4.90 Å². The van der Waals surface area contributed by atoms with E-state index in [1.807, 2.05) is 6.92 Å². The van der Waals surface area contributed by atoms with Gasteiger partial charge in [0.1, 0.15) is 6.10 Å². The summed E-state index contributed by atoms with van der Waals surface area (Å²) in [7, 11) is 0. The first-order chi connectivity index (χ1) is 13.7. The van der Waals surface area contributed by atoms with Crippen LogP contribution in [0.1, 0.15) is 97.3 Å². The van der Waals surface area contributed by atoms with Crippen LogP contribution in [0, 0.1) is 17.8 Å². The third-order valence-electron chi connectivity index (χ3n) is 7.39. The lowest BCUT2D eigenvalue weighted by Gasteiger charge is -2.33. The lowest BCUT2D eigenvalue weighted by atomic mass is 9.76. The van der Waals surface area contributed by atoms with E-state index in [0.29, 0.717) is 0 Å². The Hall–Kier alpha value is -0.830. The van der Waals surface area contributed by atoms with Gasteiger partial charge in [-0.25, -0.2) is 0 Å². The van der Waals surface area contributed by atoms with Crippen LogP contribution in [-0.4, -0.2) is 36.6 Å². The first kappa shape index (κ1) is 21.9. The van der Waals surface area contributed by atoms with Crippen LogP contribution < -0.4 is 0 Å². The van der Waals surface area contributed by atoms with Crippen LogP contribution in [0.4, 0.5) is 0 Å². The van der Waals surface area contributed by atoms with Crippen molar-refractivity contribution in [2.24, 2.45) is 17.8 Å². The lowest BCUT2D eigenvalue weighted by molar-refractivity contribution is -0.155. The van der Waals surface area contributed by atoms with E-state index < -0.39 is 0 Å². The summed E-state index contributed by atoms with van der Waals surface area (Å²) in [6.45, 7) is 7.51. The van der Waals surface area contributed by atoms with Gasteiger partial charge < -0.3 is 9.64 Å². The maximum Gasteiger partial charge on any atom is 0.310 e. The van der Waals surface area contributed by atoms with E-state index in [0.717, 1.165) is 44.3 Å². The molecule has 3 heteroatoms. The SMILES string of the molecule is CCCCCC1CC=C(C2CCC(OC(=O)C(C)CN3CCCC3)CC2)CC1. The third kappa shape index (κ3) is 6.61. The van der Waals surface area contributed by atoms with E-state index in [9.17, 15) is 4.79 Å². The number of carbonyl (C=O) groups is 1. The molecule has 0 amide bonds. The van der Waals surface area contributed by atoms with Gasteiger partial charge in [0.05, 0.1) is 5.92 Å². The molecule has 3 nitrogen and oxygen atoms in total. The van der Waals surface area contributed by atoms with Crippen molar-refractivity contribution < 1.29 is 9.53 Å². The van der Waals surface area contributed by atoms with E-state index in [1.165, 1.54) is 70.6 Å². The quantitative estimate of drug-likeness (QED) is 0.270. The Labute approximate surface area is 173 Å². The smallest absolute Gasteiger partial charge is 0.310 e. The number of hydrogen-bond donors (Lipinski definition) is 0. The Morgan fingerprint density at radius 1 is 1.14 bits per heavy atom. The van der Waals surface area contributed by atoms with Gasteiger partial charge in [0.2, 0.25) is 0 Å². The monoisotopic (exact) mass is 389 g/mol. The summed E-state index contributed by atoms with van der Waals surface area (Å²) in [5.74, 6) is 1.74. The number of unbranched alkanes of at least 4 members (excludes halogenated alkanes) is 2. The summed E-state index contributed by atoms with van der Waals surface area (Å²) in [6, 6.07) is 0. The summed E-state index contributed by atoms with van der Waals surface area (Å²) in [5.41, 5.74) is 1.72. The van der Waals surface area contributed by atoms with E-state index in [4.69, 9.17) is 4.74 Å². The normalized spacial score (nSPS) is 30.1. The van der Waals surface area contributed by atoms with Gasteiger partial charge in [-0.1, -0.05) is 51.2 Å². The molecule has 0 radical (unpaired) electrons. The number of likely N-dealkylation sites (tertiary alicyclic amines) is 1. The number of ether oxygens (including phenoxy) is 1. The van der Waals surface area contributed by atoms with Crippen molar-refractivity contribution >= 4 is 5.97 Å². The summed E-state index contributed by atoms with van der Waals surface area (Å²) >= 11 is 0. The Kier molecular flexibility index (Phi) is 8.89. The van der Waals surface area contributed by atoms with Gasteiger partial charge in [0.25, 0.3) is 0 Å². The highest BCUT2D eigenvalue weighted by Crippen LogP contribution is 2.38.